The van der Waals surface area contributed by atoms with Crippen LogP contribution in [0.1, 0.15) is 38.2 Å². The van der Waals surface area contributed by atoms with Crippen LogP contribution in [0.25, 0.3) is 0 Å². The van der Waals surface area contributed by atoms with Crippen molar-refractivity contribution in [2.24, 2.45) is 11.1 Å². The fourth-order valence-corrected chi connectivity index (χ4v) is 2.43. The molecule has 3 N–H and O–H groups in total. The zero-order valence-corrected chi connectivity index (χ0v) is 10.9. The Hall–Kier alpha value is -1.23. The van der Waals surface area contributed by atoms with Gasteiger partial charge in [-0.1, -0.05) is 25.6 Å². The second-order valence-corrected chi connectivity index (χ2v) is 5.16. The number of nitrogens with zero attached hydrogens (tertiary/aromatic N) is 2. The summed E-state index contributed by atoms with van der Waals surface area (Å²) in [4.78, 5) is 0.363. The highest BCUT2D eigenvalue weighted by Gasteiger charge is 2.34. The first-order valence-electron chi connectivity index (χ1n) is 6.02. The van der Waals surface area contributed by atoms with E-state index in [-0.39, 0.29) is 0 Å². The van der Waals surface area contributed by atoms with Crippen LogP contribution in [0.5, 0.6) is 0 Å². The first kappa shape index (κ1) is 12.2. The summed E-state index contributed by atoms with van der Waals surface area (Å²) in [5.74, 6) is 0.708. The molecule has 0 aromatic carbocycles. The standard InChI is InChI=1S/C12H18N4S/c1-2-12(5-3-6-12)8-14-11-9(10(13)17)4-7-15-16-11/h4,7H,2-3,5-6,8H2,1H3,(H2,13,17)(H,14,16). The van der Waals surface area contributed by atoms with Gasteiger partial charge in [-0.25, -0.2) is 0 Å². The Kier molecular flexibility index (Phi) is 3.57. The second kappa shape index (κ2) is 4.96. The highest BCUT2D eigenvalue weighted by molar-refractivity contribution is 7.80. The minimum absolute atomic E-state index is 0.363. The molecule has 0 amide bonds. The van der Waals surface area contributed by atoms with Gasteiger partial charge < -0.3 is 11.1 Å². The molecular formula is C12H18N4S. The van der Waals surface area contributed by atoms with E-state index < -0.39 is 0 Å². The second-order valence-electron chi connectivity index (χ2n) is 4.72. The summed E-state index contributed by atoms with van der Waals surface area (Å²) in [6.07, 6.45) is 6.72. The number of nitrogens with two attached hydrogens (primary N) is 1. The Morgan fingerprint density at radius 2 is 2.35 bits per heavy atom. The Morgan fingerprint density at radius 3 is 2.88 bits per heavy atom. The van der Waals surface area contributed by atoms with Gasteiger partial charge in [0.15, 0.2) is 5.82 Å². The number of thiocarbonyl (C=S) groups is 1. The maximum Gasteiger partial charge on any atom is 0.158 e. The molecule has 2 rings (SSSR count). The van der Waals surface area contributed by atoms with Crippen LogP contribution < -0.4 is 11.1 Å². The minimum Gasteiger partial charge on any atom is -0.389 e. The molecule has 0 saturated heterocycles. The zero-order chi connectivity index (χ0) is 12.3. The lowest BCUT2D eigenvalue weighted by molar-refractivity contribution is 0.145. The molecule has 0 aliphatic heterocycles. The summed E-state index contributed by atoms with van der Waals surface area (Å²) in [6, 6.07) is 1.80. The van der Waals surface area contributed by atoms with Crippen molar-refractivity contribution < 1.29 is 0 Å². The smallest absolute Gasteiger partial charge is 0.158 e. The van der Waals surface area contributed by atoms with Crippen LogP contribution in [0.15, 0.2) is 12.3 Å². The molecule has 1 aliphatic rings. The van der Waals surface area contributed by atoms with E-state index in [9.17, 15) is 0 Å². The van der Waals surface area contributed by atoms with E-state index in [0.29, 0.717) is 16.2 Å². The molecule has 0 bridgehead atoms. The van der Waals surface area contributed by atoms with E-state index in [1.165, 1.54) is 25.7 Å². The van der Waals surface area contributed by atoms with Crippen molar-refractivity contribution in [1.82, 2.24) is 10.2 Å². The van der Waals surface area contributed by atoms with E-state index in [0.717, 1.165) is 12.1 Å². The SMILES string of the molecule is CCC1(CNc2nnccc2C(N)=S)CCC1. The number of nitrogens with one attached hydrogen (secondary N) is 1. The molecule has 92 valence electrons. The molecule has 4 nitrogen and oxygen atoms in total. The zero-order valence-electron chi connectivity index (χ0n) is 10.1. The van der Waals surface area contributed by atoms with Crippen LogP contribution in [0.4, 0.5) is 5.82 Å². The van der Waals surface area contributed by atoms with Gasteiger partial charge in [0.25, 0.3) is 0 Å². The monoisotopic (exact) mass is 250 g/mol. The summed E-state index contributed by atoms with van der Waals surface area (Å²) < 4.78 is 0. The molecule has 1 saturated carbocycles. The van der Waals surface area contributed by atoms with Crippen molar-refractivity contribution >= 4 is 23.0 Å². The van der Waals surface area contributed by atoms with Crippen LogP contribution in [0.2, 0.25) is 0 Å². The van der Waals surface area contributed by atoms with Gasteiger partial charge in [-0.15, -0.1) is 5.10 Å². The molecule has 1 fully saturated rings. The lowest BCUT2D eigenvalue weighted by atomic mass is 9.67. The molecule has 1 aliphatic carbocycles. The summed E-state index contributed by atoms with van der Waals surface area (Å²) in [5.41, 5.74) is 6.87. The summed E-state index contributed by atoms with van der Waals surface area (Å²) in [5, 5.41) is 11.3. The molecule has 5 heteroatoms. The average Bonchev–Trinajstić information content (AvgIpc) is 2.28. The number of hydrogen-bond acceptors (Lipinski definition) is 4. The lowest BCUT2D eigenvalue weighted by Crippen LogP contribution is -2.36. The third-order valence-corrected chi connectivity index (χ3v) is 4.00. The van der Waals surface area contributed by atoms with Gasteiger partial charge in [0.2, 0.25) is 0 Å². The lowest BCUT2D eigenvalue weighted by Gasteiger charge is -2.41. The van der Waals surface area contributed by atoms with Crippen LogP contribution >= 0.6 is 12.2 Å². The maximum atomic E-state index is 5.66. The van der Waals surface area contributed by atoms with Crippen LogP contribution in [0.3, 0.4) is 0 Å². The molecule has 0 unspecified atom stereocenters. The van der Waals surface area contributed by atoms with Crippen LogP contribution in [-0.2, 0) is 0 Å². The number of aromatic nitrogens is 2. The fraction of sp³-hybridized carbons (Fsp3) is 0.583. The molecule has 1 heterocycles. The molecule has 17 heavy (non-hydrogen) atoms. The summed E-state index contributed by atoms with van der Waals surface area (Å²) >= 11 is 5.00. The van der Waals surface area contributed by atoms with Crippen molar-refractivity contribution in [1.29, 1.82) is 0 Å². The van der Waals surface area contributed by atoms with E-state index in [1.54, 1.807) is 12.3 Å². The molecule has 1 aromatic rings. The van der Waals surface area contributed by atoms with Crippen molar-refractivity contribution in [2.45, 2.75) is 32.6 Å². The molecular weight excluding hydrogens is 232 g/mol. The Bertz CT molecular complexity index is 409. The van der Waals surface area contributed by atoms with Crippen LogP contribution in [-0.4, -0.2) is 21.7 Å². The van der Waals surface area contributed by atoms with Crippen molar-refractivity contribution in [3.05, 3.63) is 17.8 Å². The maximum absolute atomic E-state index is 5.66. The van der Waals surface area contributed by atoms with Crippen LogP contribution in [0, 0.1) is 5.41 Å². The van der Waals surface area contributed by atoms with E-state index in [1.807, 2.05) is 0 Å². The van der Waals surface area contributed by atoms with Gasteiger partial charge in [-0.3, -0.25) is 0 Å². The van der Waals surface area contributed by atoms with Crippen molar-refractivity contribution in [3.8, 4) is 0 Å². The largest absolute Gasteiger partial charge is 0.389 e. The van der Waals surface area contributed by atoms with E-state index >= 15 is 0 Å². The van der Waals surface area contributed by atoms with Crippen molar-refractivity contribution in [3.63, 3.8) is 0 Å². The van der Waals surface area contributed by atoms with E-state index in [4.69, 9.17) is 18.0 Å². The van der Waals surface area contributed by atoms with Gasteiger partial charge in [-0.2, -0.15) is 5.10 Å². The van der Waals surface area contributed by atoms with Gasteiger partial charge in [0.05, 0.1) is 11.8 Å². The number of anilines is 1. The Balaban J connectivity index is 2.06. The molecule has 1 aromatic heterocycles. The third-order valence-electron chi connectivity index (χ3n) is 3.78. The van der Waals surface area contributed by atoms with Gasteiger partial charge >= 0.3 is 0 Å². The Labute approximate surface area is 107 Å². The predicted molar refractivity (Wildman–Crippen MR) is 73.0 cm³/mol. The topological polar surface area (TPSA) is 63.8 Å². The summed E-state index contributed by atoms with van der Waals surface area (Å²) in [7, 11) is 0. The summed E-state index contributed by atoms with van der Waals surface area (Å²) in [6.45, 7) is 3.17. The first-order chi connectivity index (χ1) is 8.17. The van der Waals surface area contributed by atoms with Gasteiger partial charge in [0, 0.05) is 6.54 Å². The van der Waals surface area contributed by atoms with E-state index in [2.05, 4.69) is 22.4 Å². The highest BCUT2D eigenvalue weighted by atomic mass is 32.1. The minimum atomic E-state index is 0.363. The Morgan fingerprint density at radius 1 is 1.59 bits per heavy atom. The molecule has 0 spiro atoms. The van der Waals surface area contributed by atoms with Gasteiger partial charge in [0.1, 0.15) is 4.99 Å². The normalized spacial score (nSPS) is 17.2. The third kappa shape index (κ3) is 2.54. The predicted octanol–water partition coefficient (Wildman–Crippen LogP) is 2.10. The average molecular weight is 250 g/mol. The first-order valence-corrected chi connectivity index (χ1v) is 6.43. The molecule has 0 atom stereocenters. The highest BCUT2D eigenvalue weighted by Crippen LogP contribution is 2.43. The van der Waals surface area contributed by atoms with Gasteiger partial charge in [-0.05, 0) is 30.7 Å². The number of hydrogen-bond donors (Lipinski definition) is 2. The fourth-order valence-electron chi connectivity index (χ4n) is 2.26. The number of rotatable bonds is 5. The van der Waals surface area contributed by atoms with Crippen molar-refractivity contribution in [2.75, 3.05) is 11.9 Å². The quantitative estimate of drug-likeness (QED) is 0.784. The molecule has 0 radical (unpaired) electrons.